The van der Waals surface area contributed by atoms with Gasteiger partial charge in [-0.2, -0.15) is 0 Å². The second-order valence-corrected chi connectivity index (χ2v) is 6.34. The second kappa shape index (κ2) is 7.02. The zero-order valence-corrected chi connectivity index (χ0v) is 14.8. The Morgan fingerprint density at radius 2 is 2.00 bits per heavy atom. The number of benzene rings is 2. The van der Waals surface area contributed by atoms with Crippen LogP contribution in [0.25, 0.3) is 0 Å². The summed E-state index contributed by atoms with van der Waals surface area (Å²) in [5, 5.41) is 3.69. The Morgan fingerprint density at radius 1 is 1.28 bits per heavy atom. The van der Waals surface area contributed by atoms with Crippen LogP contribution in [0.4, 0.5) is 15.8 Å². The van der Waals surface area contributed by atoms with Crippen LogP contribution in [0.15, 0.2) is 51.9 Å². The third-order valence-electron chi connectivity index (χ3n) is 3.53. The van der Waals surface area contributed by atoms with E-state index in [1.54, 1.807) is 18.2 Å². The number of aliphatic imine (C=N–C) groups is 1. The summed E-state index contributed by atoms with van der Waals surface area (Å²) in [6.07, 6.45) is 0. The molecule has 3 rings (SSSR count). The first-order valence-electron chi connectivity index (χ1n) is 7.41. The second-order valence-electron chi connectivity index (χ2n) is 5.42. The number of amides is 2. The number of rotatable bonds is 3. The number of nitrogens with zero attached hydrogens (tertiary/aromatic N) is 2. The van der Waals surface area contributed by atoms with E-state index in [1.807, 2.05) is 19.1 Å². The van der Waals surface area contributed by atoms with Crippen molar-refractivity contribution in [3.63, 3.8) is 0 Å². The average Bonchev–Trinajstić information content (AvgIpc) is 2.58. The van der Waals surface area contributed by atoms with Crippen LogP contribution in [-0.2, 0) is 9.59 Å². The van der Waals surface area contributed by atoms with Crippen LogP contribution in [0.3, 0.4) is 0 Å². The molecular formula is C17H14BrFN4O2. The number of hydrazine groups is 1. The van der Waals surface area contributed by atoms with E-state index in [9.17, 15) is 14.0 Å². The molecule has 0 bridgehead atoms. The molecule has 8 heteroatoms. The molecular weight excluding hydrogens is 391 g/mol. The quantitative estimate of drug-likeness (QED) is 0.825. The van der Waals surface area contributed by atoms with Crippen LogP contribution >= 0.6 is 15.9 Å². The standard InChI is InChI=1S/C17H14BrFN4O2/c1-10-2-5-12(6-3-10)23-15(24)9-20-16(22-23)17(25)21-14-7-4-11(18)8-13(14)19/h2-8H,9H2,1H3,(H,20,22)(H,21,25). The topological polar surface area (TPSA) is 73.8 Å². The number of amidine groups is 1. The van der Waals surface area contributed by atoms with Crippen LogP contribution in [0.1, 0.15) is 5.56 Å². The van der Waals surface area contributed by atoms with Crippen molar-refractivity contribution < 1.29 is 14.0 Å². The molecule has 1 aliphatic heterocycles. The van der Waals surface area contributed by atoms with E-state index < -0.39 is 11.7 Å². The van der Waals surface area contributed by atoms with E-state index in [0.717, 1.165) is 5.56 Å². The van der Waals surface area contributed by atoms with Crippen LogP contribution < -0.4 is 15.8 Å². The highest BCUT2D eigenvalue weighted by Crippen LogP contribution is 2.20. The van der Waals surface area contributed by atoms with Crippen LogP contribution in [0.5, 0.6) is 0 Å². The summed E-state index contributed by atoms with van der Waals surface area (Å²) >= 11 is 3.15. The molecule has 0 unspecified atom stereocenters. The van der Waals surface area contributed by atoms with Crippen molar-refractivity contribution >= 4 is 45.0 Å². The van der Waals surface area contributed by atoms with Gasteiger partial charge in [0.05, 0.1) is 11.4 Å². The van der Waals surface area contributed by atoms with E-state index in [1.165, 1.54) is 17.1 Å². The highest BCUT2D eigenvalue weighted by atomic mass is 79.9. The number of carbonyl (C=O) groups is 2. The number of carbonyl (C=O) groups excluding carboxylic acids is 2. The predicted molar refractivity (Wildman–Crippen MR) is 96.8 cm³/mol. The smallest absolute Gasteiger partial charge is 0.292 e. The number of nitrogens with one attached hydrogen (secondary N) is 2. The van der Waals surface area contributed by atoms with Crippen molar-refractivity contribution in [1.82, 2.24) is 5.43 Å². The summed E-state index contributed by atoms with van der Waals surface area (Å²) in [6.45, 7) is 1.76. The van der Waals surface area contributed by atoms with Crippen LogP contribution in [0.2, 0.25) is 0 Å². The number of halogens is 2. The van der Waals surface area contributed by atoms with Crippen molar-refractivity contribution in [2.45, 2.75) is 6.92 Å². The molecule has 2 aromatic carbocycles. The zero-order valence-electron chi connectivity index (χ0n) is 13.2. The first-order valence-corrected chi connectivity index (χ1v) is 8.20. The van der Waals surface area contributed by atoms with Crippen LogP contribution in [-0.4, -0.2) is 24.2 Å². The summed E-state index contributed by atoms with van der Waals surface area (Å²) in [5.41, 5.74) is 4.34. The van der Waals surface area contributed by atoms with Gasteiger partial charge in [0.2, 0.25) is 5.84 Å². The summed E-state index contributed by atoms with van der Waals surface area (Å²) in [7, 11) is 0. The molecule has 0 saturated heterocycles. The van der Waals surface area contributed by atoms with Gasteiger partial charge in [-0.25, -0.2) is 9.40 Å². The van der Waals surface area contributed by atoms with Gasteiger partial charge in [0.15, 0.2) is 0 Å². The molecule has 2 N–H and O–H groups in total. The summed E-state index contributed by atoms with van der Waals surface area (Å²) in [4.78, 5) is 28.3. The molecule has 0 radical (unpaired) electrons. The molecule has 0 atom stereocenters. The fourth-order valence-electron chi connectivity index (χ4n) is 2.22. The zero-order chi connectivity index (χ0) is 18.0. The van der Waals surface area contributed by atoms with E-state index in [4.69, 9.17) is 0 Å². The largest absolute Gasteiger partial charge is 0.317 e. The third-order valence-corrected chi connectivity index (χ3v) is 4.02. The summed E-state index contributed by atoms with van der Waals surface area (Å²) < 4.78 is 14.4. The number of hydrogen-bond donors (Lipinski definition) is 2. The molecule has 0 aliphatic carbocycles. The van der Waals surface area contributed by atoms with Crippen molar-refractivity contribution in [2.24, 2.45) is 4.99 Å². The molecule has 1 heterocycles. The van der Waals surface area contributed by atoms with E-state index >= 15 is 0 Å². The number of aryl methyl sites for hydroxylation is 1. The van der Waals surface area contributed by atoms with Crippen LogP contribution in [0, 0.1) is 12.7 Å². The molecule has 0 fully saturated rings. The fraction of sp³-hybridized carbons (Fsp3) is 0.118. The lowest BCUT2D eigenvalue weighted by atomic mass is 10.2. The maximum atomic E-state index is 13.8. The molecule has 0 aromatic heterocycles. The highest BCUT2D eigenvalue weighted by molar-refractivity contribution is 9.10. The molecule has 1 aliphatic rings. The van der Waals surface area contributed by atoms with Gasteiger partial charge in [0, 0.05) is 4.47 Å². The number of anilines is 2. The SMILES string of the molecule is Cc1ccc(N2NC(C(=O)Nc3ccc(Br)cc3F)=NCC2=O)cc1. The van der Waals surface area contributed by atoms with Gasteiger partial charge >= 0.3 is 0 Å². The molecule has 25 heavy (non-hydrogen) atoms. The summed E-state index contributed by atoms with van der Waals surface area (Å²) in [5.74, 6) is -1.57. The third kappa shape index (κ3) is 3.85. The van der Waals surface area contributed by atoms with E-state index in [2.05, 4.69) is 31.7 Å². The fourth-order valence-corrected chi connectivity index (χ4v) is 2.55. The van der Waals surface area contributed by atoms with Crippen molar-refractivity contribution in [3.05, 3.63) is 58.3 Å². The Kier molecular flexibility index (Phi) is 4.80. The first kappa shape index (κ1) is 17.1. The molecule has 0 saturated carbocycles. The Labute approximate surface area is 151 Å². The monoisotopic (exact) mass is 404 g/mol. The maximum absolute atomic E-state index is 13.8. The first-order chi connectivity index (χ1) is 11.9. The minimum atomic E-state index is -0.633. The van der Waals surface area contributed by atoms with Gasteiger partial charge in [0.1, 0.15) is 12.4 Å². The molecule has 6 nitrogen and oxygen atoms in total. The maximum Gasteiger partial charge on any atom is 0.292 e. The van der Waals surface area contributed by atoms with E-state index in [-0.39, 0.29) is 24.0 Å². The molecule has 0 spiro atoms. The lowest BCUT2D eigenvalue weighted by Crippen LogP contribution is -2.54. The summed E-state index contributed by atoms with van der Waals surface area (Å²) in [6, 6.07) is 11.5. The highest BCUT2D eigenvalue weighted by Gasteiger charge is 2.26. The van der Waals surface area contributed by atoms with Crippen molar-refractivity contribution in [3.8, 4) is 0 Å². The lowest BCUT2D eigenvalue weighted by molar-refractivity contribution is -0.118. The number of hydrogen-bond acceptors (Lipinski definition) is 4. The van der Waals surface area contributed by atoms with Crippen molar-refractivity contribution in [2.75, 3.05) is 16.9 Å². The van der Waals surface area contributed by atoms with Gasteiger partial charge in [-0.1, -0.05) is 33.6 Å². The normalized spacial score (nSPS) is 14.0. The Balaban J connectivity index is 1.77. The van der Waals surface area contributed by atoms with Crippen molar-refractivity contribution in [1.29, 1.82) is 0 Å². The van der Waals surface area contributed by atoms with Gasteiger partial charge < -0.3 is 5.32 Å². The Hall–Kier alpha value is -2.74. The predicted octanol–water partition coefficient (Wildman–Crippen LogP) is 2.79. The lowest BCUT2D eigenvalue weighted by Gasteiger charge is -2.27. The van der Waals surface area contributed by atoms with Gasteiger partial charge in [0.25, 0.3) is 11.8 Å². The van der Waals surface area contributed by atoms with Gasteiger partial charge in [-0.15, -0.1) is 0 Å². The molecule has 2 aromatic rings. The minimum absolute atomic E-state index is 0.0245. The Morgan fingerprint density at radius 3 is 2.68 bits per heavy atom. The van der Waals surface area contributed by atoms with Gasteiger partial charge in [-0.05, 0) is 37.3 Å². The minimum Gasteiger partial charge on any atom is -0.317 e. The molecule has 128 valence electrons. The molecule has 2 amide bonds. The van der Waals surface area contributed by atoms with Gasteiger partial charge in [-0.3, -0.25) is 20.0 Å². The Bertz CT molecular complexity index is 867. The average molecular weight is 405 g/mol. The van der Waals surface area contributed by atoms with E-state index in [0.29, 0.717) is 10.2 Å².